The second-order valence-corrected chi connectivity index (χ2v) is 6.62. The molecule has 0 amide bonds. The zero-order valence-electron chi connectivity index (χ0n) is 11.1. The zero-order valence-corrected chi connectivity index (χ0v) is 11.1. The van der Waals surface area contributed by atoms with Crippen LogP contribution in [0.25, 0.3) is 0 Å². The highest BCUT2D eigenvalue weighted by Gasteiger charge is 2.41. The number of hydrogen-bond acceptors (Lipinski definition) is 1. The predicted octanol–water partition coefficient (Wildman–Crippen LogP) is 3.18. The molecule has 0 unspecified atom stereocenters. The lowest BCUT2D eigenvalue weighted by molar-refractivity contribution is 0.356. The van der Waals surface area contributed by atoms with E-state index < -0.39 is 0 Å². The topological polar surface area (TPSA) is 12.0 Å². The average molecular weight is 241 g/mol. The summed E-state index contributed by atoms with van der Waals surface area (Å²) in [5, 5.41) is 3.87. The third kappa shape index (κ3) is 2.21. The van der Waals surface area contributed by atoms with Crippen LogP contribution in [0.4, 0.5) is 0 Å². The Labute approximate surface area is 110 Å². The maximum Gasteiger partial charge on any atom is 0.0148 e. The lowest BCUT2D eigenvalue weighted by Gasteiger charge is -2.19. The third-order valence-corrected chi connectivity index (χ3v) is 5.15. The minimum absolute atomic E-state index is 0.711. The van der Waals surface area contributed by atoms with Crippen molar-refractivity contribution in [2.75, 3.05) is 6.54 Å². The van der Waals surface area contributed by atoms with Gasteiger partial charge in [-0.3, -0.25) is 0 Å². The van der Waals surface area contributed by atoms with Gasteiger partial charge in [-0.1, -0.05) is 24.3 Å². The van der Waals surface area contributed by atoms with Crippen LogP contribution >= 0.6 is 0 Å². The van der Waals surface area contributed by atoms with Crippen molar-refractivity contribution in [2.45, 2.75) is 44.6 Å². The van der Waals surface area contributed by atoms with Gasteiger partial charge < -0.3 is 5.32 Å². The summed E-state index contributed by atoms with van der Waals surface area (Å²) in [5.74, 6) is 3.16. The first-order chi connectivity index (χ1) is 8.90. The second kappa shape index (κ2) is 4.38. The molecule has 0 aliphatic heterocycles. The molecule has 3 aliphatic carbocycles. The van der Waals surface area contributed by atoms with Crippen LogP contribution in [-0.4, -0.2) is 12.6 Å². The molecule has 3 aliphatic rings. The van der Waals surface area contributed by atoms with Gasteiger partial charge in [0.15, 0.2) is 0 Å². The van der Waals surface area contributed by atoms with Crippen LogP contribution in [0.5, 0.6) is 0 Å². The van der Waals surface area contributed by atoms with Gasteiger partial charge in [-0.25, -0.2) is 0 Å². The van der Waals surface area contributed by atoms with Crippen LogP contribution in [0, 0.1) is 17.8 Å². The predicted molar refractivity (Wildman–Crippen MR) is 74.6 cm³/mol. The summed E-state index contributed by atoms with van der Waals surface area (Å²) >= 11 is 0. The van der Waals surface area contributed by atoms with Gasteiger partial charge in [-0.05, 0) is 74.0 Å². The van der Waals surface area contributed by atoms with Crippen LogP contribution in [0.15, 0.2) is 24.3 Å². The van der Waals surface area contributed by atoms with Gasteiger partial charge in [0.1, 0.15) is 0 Å². The summed E-state index contributed by atoms with van der Waals surface area (Å²) in [6.45, 7) is 1.29. The molecule has 96 valence electrons. The van der Waals surface area contributed by atoms with E-state index in [0.717, 1.165) is 17.8 Å². The Morgan fingerprint density at radius 1 is 0.944 bits per heavy atom. The molecule has 0 atom stereocenters. The van der Waals surface area contributed by atoms with Gasteiger partial charge in [0.2, 0.25) is 0 Å². The van der Waals surface area contributed by atoms with Gasteiger partial charge in [0, 0.05) is 6.04 Å². The lowest BCUT2D eigenvalue weighted by atomic mass is 9.97. The molecule has 0 radical (unpaired) electrons. The van der Waals surface area contributed by atoms with Gasteiger partial charge in [0.05, 0.1) is 0 Å². The Balaban J connectivity index is 1.34. The molecule has 1 N–H and O–H groups in total. The van der Waals surface area contributed by atoms with Crippen LogP contribution in [-0.2, 0) is 12.8 Å². The summed E-state index contributed by atoms with van der Waals surface area (Å²) in [7, 11) is 0. The molecule has 0 bridgehead atoms. The van der Waals surface area contributed by atoms with Gasteiger partial charge in [-0.2, -0.15) is 0 Å². The lowest BCUT2D eigenvalue weighted by Crippen LogP contribution is -2.35. The van der Waals surface area contributed by atoms with Crippen LogP contribution in [0.2, 0.25) is 0 Å². The van der Waals surface area contributed by atoms with Crippen molar-refractivity contribution in [1.29, 1.82) is 0 Å². The first kappa shape index (κ1) is 11.0. The number of fused-ring (bicyclic) bond motifs is 1. The normalized spacial score (nSPS) is 23.6. The number of hydrogen-bond donors (Lipinski definition) is 1. The highest BCUT2D eigenvalue weighted by Crippen LogP contribution is 2.48. The van der Waals surface area contributed by atoms with E-state index in [1.165, 1.54) is 45.1 Å². The van der Waals surface area contributed by atoms with E-state index in [9.17, 15) is 0 Å². The highest BCUT2D eigenvalue weighted by molar-refractivity contribution is 5.33. The van der Waals surface area contributed by atoms with Crippen molar-refractivity contribution in [1.82, 2.24) is 5.32 Å². The minimum Gasteiger partial charge on any atom is -0.313 e. The zero-order chi connectivity index (χ0) is 11.9. The van der Waals surface area contributed by atoms with Crippen LogP contribution in [0.3, 0.4) is 0 Å². The standard InChI is InChI=1S/C17H23N/c1-2-4-15-10-16(9-14(15)3-1)18-11-17(12-5-6-12)13-7-8-13/h1-4,12-13,16-18H,5-11H2. The quantitative estimate of drug-likeness (QED) is 0.835. The number of benzene rings is 1. The molecular weight excluding hydrogens is 218 g/mol. The summed E-state index contributed by atoms with van der Waals surface area (Å²) in [4.78, 5) is 0. The van der Waals surface area contributed by atoms with Crippen LogP contribution in [0.1, 0.15) is 36.8 Å². The van der Waals surface area contributed by atoms with Gasteiger partial charge in [0.25, 0.3) is 0 Å². The highest BCUT2D eigenvalue weighted by atomic mass is 14.9. The minimum atomic E-state index is 0.711. The van der Waals surface area contributed by atoms with Crippen molar-refractivity contribution in [3.63, 3.8) is 0 Å². The van der Waals surface area contributed by atoms with Gasteiger partial charge in [-0.15, -0.1) is 0 Å². The Morgan fingerprint density at radius 3 is 2.00 bits per heavy atom. The van der Waals surface area contributed by atoms with Crippen molar-refractivity contribution in [2.24, 2.45) is 17.8 Å². The second-order valence-electron chi connectivity index (χ2n) is 6.62. The smallest absolute Gasteiger partial charge is 0.0148 e. The molecule has 0 aromatic heterocycles. The van der Waals surface area contributed by atoms with Crippen molar-refractivity contribution in [3.05, 3.63) is 35.4 Å². The van der Waals surface area contributed by atoms with E-state index >= 15 is 0 Å². The third-order valence-electron chi connectivity index (χ3n) is 5.15. The maximum absolute atomic E-state index is 3.87. The summed E-state index contributed by atoms with van der Waals surface area (Å²) in [6, 6.07) is 9.67. The van der Waals surface area contributed by atoms with E-state index in [-0.39, 0.29) is 0 Å². The summed E-state index contributed by atoms with van der Waals surface area (Å²) in [5.41, 5.74) is 3.15. The monoisotopic (exact) mass is 241 g/mol. The van der Waals surface area contributed by atoms with E-state index in [1.54, 1.807) is 11.1 Å². The first-order valence-electron chi connectivity index (χ1n) is 7.70. The fraction of sp³-hybridized carbons (Fsp3) is 0.647. The molecule has 2 fully saturated rings. The van der Waals surface area contributed by atoms with Crippen molar-refractivity contribution >= 4 is 0 Å². The fourth-order valence-corrected chi connectivity index (χ4v) is 3.77. The van der Waals surface area contributed by atoms with Crippen LogP contribution < -0.4 is 5.32 Å². The Hall–Kier alpha value is -0.820. The van der Waals surface area contributed by atoms with Crippen molar-refractivity contribution in [3.8, 4) is 0 Å². The SMILES string of the molecule is c1ccc2c(c1)CC(NCC(C1CC1)C1CC1)C2. The maximum atomic E-state index is 3.87. The largest absolute Gasteiger partial charge is 0.313 e. The Morgan fingerprint density at radius 2 is 1.50 bits per heavy atom. The molecule has 18 heavy (non-hydrogen) atoms. The summed E-state index contributed by atoms with van der Waals surface area (Å²) in [6.07, 6.45) is 8.53. The number of nitrogens with one attached hydrogen (secondary N) is 1. The van der Waals surface area contributed by atoms with E-state index in [2.05, 4.69) is 29.6 Å². The van der Waals surface area contributed by atoms with E-state index in [1.807, 2.05) is 0 Å². The number of rotatable bonds is 5. The molecule has 1 aromatic carbocycles. The molecule has 2 saturated carbocycles. The molecule has 1 nitrogen and oxygen atoms in total. The molecule has 1 aromatic rings. The molecule has 0 spiro atoms. The van der Waals surface area contributed by atoms with E-state index in [0.29, 0.717) is 6.04 Å². The van der Waals surface area contributed by atoms with E-state index in [4.69, 9.17) is 0 Å². The van der Waals surface area contributed by atoms with Crippen molar-refractivity contribution < 1.29 is 0 Å². The fourth-order valence-electron chi connectivity index (χ4n) is 3.77. The Bertz CT molecular complexity index is 394. The molecular formula is C17H23N. The Kier molecular flexibility index (Phi) is 2.69. The average Bonchev–Trinajstić information content (AvgIpc) is 3.28. The molecule has 0 heterocycles. The first-order valence-corrected chi connectivity index (χ1v) is 7.70. The van der Waals surface area contributed by atoms with Gasteiger partial charge >= 0.3 is 0 Å². The molecule has 1 heteroatoms. The molecule has 4 rings (SSSR count). The molecule has 0 saturated heterocycles. The summed E-state index contributed by atoms with van der Waals surface area (Å²) < 4.78 is 0.